The van der Waals surface area contributed by atoms with E-state index in [1.54, 1.807) is 7.11 Å². The summed E-state index contributed by atoms with van der Waals surface area (Å²) < 4.78 is 35.0. The van der Waals surface area contributed by atoms with E-state index in [2.05, 4.69) is 15.5 Å². The molecule has 0 saturated carbocycles. The number of rotatable bonds is 8. The smallest absolute Gasteiger partial charge is 0.337 e. The highest BCUT2D eigenvalue weighted by molar-refractivity contribution is 5.99. The van der Waals surface area contributed by atoms with Gasteiger partial charge in [-0.25, -0.2) is 14.2 Å². The predicted molar refractivity (Wildman–Crippen MR) is 156 cm³/mol. The van der Waals surface area contributed by atoms with Gasteiger partial charge in [-0.3, -0.25) is 4.90 Å². The van der Waals surface area contributed by atoms with Crippen LogP contribution in [0.5, 0.6) is 5.75 Å². The molecule has 3 aromatic rings. The predicted octanol–water partition coefficient (Wildman–Crippen LogP) is 5.87. The molecule has 2 aliphatic heterocycles. The maximum absolute atomic E-state index is 15.6. The van der Waals surface area contributed by atoms with Gasteiger partial charge in [0.2, 0.25) is 0 Å². The van der Waals surface area contributed by atoms with Crippen LogP contribution in [0.15, 0.2) is 12.1 Å². The molecule has 5 rings (SSSR count). The molecule has 41 heavy (non-hydrogen) atoms. The Balaban J connectivity index is 1.78. The minimum Gasteiger partial charge on any atom is -0.490 e. The van der Waals surface area contributed by atoms with Gasteiger partial charge in [-0.15, -0.1) is 0 Å². The van der Waals surface area contributed by atoms with Gasteiger partial charge in [0.05, 0.1) is 18.8 Å². The third-order valence-electron chi connectivity index (χ3n) is 8.39. The molecule has 0 spiro atoms. The quantitative estimate of drug-likeness (QED) is 0.364. The van der Waals surface area contributed by atoms with Crippen molar-refractivity contribution >= 4 is 17.0 Å². The summed E-state index contributed by atoms with van der Waals surface area (Å²) in [6.45, 7) is 12.1. The molecule has 1 N–H and O–H groups in total. The summed E-state index contributed by atoms with van der Waals surface area (Å²) in [4.78, 5) is 20.1. The number of carbonyl (C=O) groups is 1. The number of hydrogen-bond acceptors (Lipinski definition) is 6. The standard InChI is InChI=1S/C32H42FN3O5/c1-18-22-11-9-13-40-28(22)25(33)15-23(18)27-24-14-21(16-36-12-8-10-20(36)17-39-7)35(6)30(24)34-19(2)26(27)29(31(37)38)41-32(3,4)5/h14-15,20,29H,8-13,16-17H2,1-7H3,(H,37,38)/t20-,29+/m1/s1. The van der Waals surface area contributed by atoms with Crippen molar-refractivity contribution in [2.45, 2.75) is 84.6 Å². The van der Waals surface area contributed by atoms with Crippen LogP contribution in [0.25, 0.3) is 22.2 Å². The van der Waals surface area contributed by atoms with Gasteiger partial charge in [0.25, 0.3) is 0 Å². The first-order valence-corrected chi connectivity index (χ1v) is 14.5. The van der Waals surface area contributed by atoms with Crippen molar-refractivity contribution in [2.24, 2.45) is 7.05 Å². The maximum Gasteiger partial charge on any atom is 0.337 e. The van der Waals surface area contributed by atoms with E-state index in [0.29, 0.717) is 60.4 Å². The van der Waals surface area contributed by atoms with Gasteiger partial charge in [0.15, 0.2) is 17.7 Å². The van der Waals surface area contributed by atoms with Crippen LogP contribution in [-0.2, 0) is 34.3 Å². The number of methoxy groups -OCH3 is 1. The fourth-order valence-corrected chi connectivity index (χ4v) is 6.47. The van der Waals surface area contributed by atoms with Crippen molar-refractivity contribution in [3.63, 3.8) is 0 Å². The zero-order valence-electron chi connectivity index (χ0n) is 25.3. The molecule has 1 aromatic carbocycles. The van der Waals surface area contributed by atoms with E-state index in [1.807, 2.05) is 41.7 Å². The van der Waals surface area contributed by atoms with E-state index in [-0.39, 0.29) is 0 Å². The molecule has 8 nitrogen and oxygen atoms in total. The Bertz CT molecular complexity index is 1470. The Morgan fingerprint density at radius 2 is 2.02 bits per heavy atom. The first-order valence-electron chi connectivity index (χ1n) is 14.5. The second-order valence-electron chi connectivity index (χ2n) is 12.4. The second-order valence-corrected chi connectivity index (χ2v) is 12.4. The van der Waals surface area contributed by atoms with Crippen molar-refractivity contribution in [1.29, 1.82) is 0 Å². The number of nitrogens with zero attached hydrogens (tertiary/aromatic N) is 3. The van der Waals surface area contributed by atoms with Gasteiger partial charge in [-0.1, -0.05) is 0 Å². The number of ether oxygens (including phenoxy) is 3. The van der Waals surface area contributed by atoms with Crippen molar-refractivity contribution < 1.29 is 28.5 Å². The summed E-state index contributed by atoms with van der Waals surface area (Å²) in [6.07, 6.45) is 2.42. The first-order chi connectivity index (χ1) is 19.4. The Morgan fingerprint density at radius 1 is 1.27 bits per heavy atom. The molecule has 0 unspecified atom stereocenters. The third kappa shape index (κ3) is 5.59. The summed E-state index contributed by atoms with van der Waals surface area (Å²) >= 11 is 0. The van der Waals surface area contributed by atoms with E-state index >= 15 is 4.39 Å². The summed E-state index contributed by atoms with van der Waals surface area (Å²) in [5.41, 5.74) is 5.07. The fraction of sp³-hybridized carbons (Fsp3) is 0.562. The summed E-state index contributed by atoms with van der Waals surface area (Å²) in [6, 6.07) is 3.93. The minimum absolute atomic E-state index is 0.300. The number of aryl methyl sites for hydroxylation is 2. The first kappa shape index (κ1) is 29.5. The molecule has 0 bridgehead atoms. The number of halogens is 1. The minimum atomic E-state index is -1.29. The largest absolute Gasteiger partial charge is 0.490 e. The number of aromatic nitrogens is 2. The maximum atomic E-state index is 15.6. The van der Waals surface area contributed by atoms with Gasteiger partial charge in [-0.2, -0.15) is 0 Å². The number of pyridine rings is 1. The van der Waals surface area contributed by atoms with Crippen LogP contribution in [0.2, 0.25) is 0 Å². The highest BCUT2D eigenvalue weighted by Crippen LogP contribution is 2.45. The molecule has 2 aromatic heterocycles. The molecular formula is C32H42FN3O5. The SMILES string of the molecule is COC[C@H]1CCCN1Cc1cc2c(-c3cc(F)c4c(c3C)CCCO4)c([C@H](OC(C)(C)C)C(=O)O)c(C)nc2n1C. The zero-order chi connectivity index (χ0) is 29.6. The normalized spacial score (nSPS) is 18.5. The zero-order valence-corrected chi connectivity index (χ0v) is 25.3. The van der Waals surface area contributed by atoms with Crippen molar-refractivity contribution in [2.75, 3.05) is 26.9 Å². The molecule has 0 radical (unpaired) electrons. The molecular weight excluding hydrogens is 525 g/mol. The Kier molecular flexibility index (Phi) is 8.16. The molecule has 1 saturated heterocycles. The Morgan fingerprint density at radius 3 is 2.71 bits per heavy atom. The molecule has 2 atom stereocenters. The lowest BCUT2D eigenvalue weighted by molar-refractivity contribution is -0.160. The number of carboxylic acids is 1. The van der Waals surface area contributed by atoms with Crippen molar-refractivity contribution in [3.8, 4) is 16.9 Å². The number of benzene rings is 1. The van der Waals surface area contributed by atoms with E-state index < -0.39 is 23.5 Å². The average molecular weight is 568 g/mol. The summed E-state index contributed by atoms with van der Waals surface area (Å²) in [5.74, 6) is -1.25. The number of aliphatic carboxylic acids is 1. The van der Waals surface area contributed by atoms with Crippen LogP contribution < -0.4 is 4.74 Å². The van der Waals surface area contributed by atoms with Crippen molar-refractivity contribution in [1.82, 2.24) is 14.5 Å². The van der Waals surface area contributed by atoms with Crippen LogP contribution in [-0.4, -0.2) is 64.0 Å². The topological polar surface area (TPSA) is 86.1 Å². The van der Waals surface area contributed by atoms with E-state index in [9.17, 15) is 9.90 Å². The molecule has 0 aliphatic carbocycles. The second kappa shape index (κ2) is 11.3. The van der Waals surface area contributed by atoms with Gasteiger partial charge < -0.3 is 23.9 Å². The van der Waals surface area contributed by atoms with Gasteiger partial charge in [0.1, 0.15) is 5.65 Å². The third-order valence-corrected chi connectivity index (χ3v) is 8.39. The number of likely N-dealkylation sites (tertiary alicyclic amines) is 1. The highest BCUT2D eigenvalue weighted by atomic mass is 19.1. The van der Waals surface area contributed by atoms with Crippen LogP contribution in [0, 0.1) is 19.7 Å². The summed E-state index contributed by atoms with van der Waals surface area (Å²) in [5, 5.41) is 11.2. The summed E-state index contributed by atoms with van der Waals surface area (Å²) in [7, 11) is 3.72. The Hall–Kier alpha value is -3.01. The van der Waals surface area contributed by atoms with Crippen molar-refractivity contribution in [3.05, 3.63) is 46.0 Å². The molecule has 4 heterocycles. The molecule has 1 fully saturated rings. The lowest BCUT2D eigenvalue weighted by Crippen LogP contribution is -2.32. The van der Waals surface area contributed by atoms with Crippen LogP contribution in [0.4, 0.5) is 4.39 Å². The van der Waals surface area contributed by atoms with Gasteiger partial charge in [-0.05, 0) is 90.1 Å². The molecule has 0 amide bonds. The lowest BCUT2D eigenvalue weighted by Gasteiger charge is -2.29. The number of hydrogen-bond donors (Lipinski definition) is 1. The van der Waals surface area contributed by atoms with E-state index in [4.69, 9.17) is 19.2 Å². The molecule has 222 valence electrons. The van der Waals surface area contributed by atoms with Crippen LogP contribution in [0.3, 0.4) is 0 Å². The van der Waals surface area contributed by atoms with Crippen LogP contribution in [0.1, 0.15) is 74.2 Å². The lowest BCUT2D eigenvalue weighted by atomic mass is 9.86. The highest BCUT2D eigenvalue weighted by Gasteiger charge is 2.35. The molecule has 9 heteroatoms. The van der Waals surface area contributed by atoms with E-state index in [1.165, 1.54) is 6.07 Å². The monoisotopic (exact) mass is 567 g/mol. The number of carboxylic acid groups (broad SMARTS) is 1. The average Bonchev–Trinajstić information content (AvgIpc) is 3.48. The number of fused-ring (bicyclic) bond motifs is 2. The Labute approximate surface area is 241 Å². The van der Waals surface area contributed by atoms with Gasteiger partial charge in [0, 0.05) is 60.2 Å². The van der Waals surface area contributed by atoms with Crippen LogP contribution >= 0.6 is 0 Å². The fourth-order valence-electron chi connectivity index (χ4n) is 6.47. The molecule has 2 aliphatic rings. The van der Waals surface area contributed by atoms with Gasteiger partial charge >= 0.3 is 5.97 Å². The van der Waals surface area contributed by atoms with E-state index in [0.717, 1.165) is 53.7 Å².